The summed E-state index contributed by atoms with van der Waals surface area (Å²) in [6.07, 6.45) is 0.447. The molecule has 1 nitrogen and oxygen atoms in total. The number of nitrogens with zero attached hydrogens (tertiary/aromatic N) is 1. The molecule has 0 bridgehead atoms. The number of hydrogen-bond acceptors (Lipinski definition) is 1. The molecule has 3 heteroatoms. The van der Waals surface area contributed by atoms with E-state index in [1.165, 1.54) is 12.1 Å². The average Bonchev–Trinajstić information content (AvgIpc) is 2.05. The fraction of sp³-hybridized carbons (Fsp3) is 0.364. The van der Waals surface area contributed by atoms with E-state index < -0.39 is 11.5 Å². The zero-order valence-corrected chi connectivity index (χ0v) is 8.14. The molecule has 0 aliphatic carbocycles. The molecule has 0 saturated heterocycles. The van der Waals surface area contributed by atoms with Gasteiger partial charge in [0, 0.05) is 17.5 Å². The van der Waals surface area contributed by atoms with Crippen LogP contribution in [0.2, 0.25) is 0 Å². The van der Waals surface area contributed by atoms with Crippen molar-refractivity contribution in [2.24, 2.45) is 4.99 Å². The summed E-state index contributed by atoms with van der Waals surface area (Å²) in [7, 11) is 0. The smallest absolute Gasteiger partial charge is 0.216 e. The van der Waals surface area contributed by atoms with Crippen molar-refractivity contribution in [2.75, 3.05) is 0 Å². The van der Waals surface area contributed by atoms with Crippen LogP contribution in [-0.2, 0) is 6.42 Å². The van der Waals surface area contributed by atoms with Gasteiger partial charge in [-0.05, 0) is 26.0 Å². The monoisotopic (exact) mass is 195 g/mol. The molecule has 14 heavy (non-hydrogen) atoms. The van der Waals surface area contributed by atoms with Gasteiger partial charge >= 0.3 is 0 Å². The lowest BCUT2D eigenvalue weighted by Crippen LogP contribution is -2.28. The first-order valence-electron chi connectivity index (χ1n) is 4.53. The second-order valence-electron chi connectivity index (χ2n) is 4.16. The summed E-state index contributed by atoms with van der Waals surface area (Å²) in [5.41, 5.74) is 0.188. The third kappa shape index (κ3) is 1.43. The molecular weight excluding hydrogens is 184 g/mol. The molecule has 0 radical (unpaired) electrons. The van der Waals surface area contributed by atoms with Crippen molar-refractivity contribution >= 4 is 5.97 Å². The Morgan fingerprint density at radius 2 is 2.00 bits per heavy atom. The Morgan fingerprint density at radius 1 is 1.29 bits per heavy atom. The molecule has 2 rings (SSSR count). The third-order valence-electron chi connectivity index (χ3n) is 2.35. The maximum atomic E-state index is 13.4. The lowest BCUT2D eigenvalue weighted by atomic mass is 9.89. The Kier molecular flexibility index (Phi) is 1.91. The average molecular weight is 195 g/mol. The standard InChI is InChI=1S/C11H11F2N/c1-11(2)6-8-7(10(13)14-11)4-3-5-9(8)12/h3-5H,6H2,1-2H3. The van der Waals surface area contributed by atoms with Crippen LogP contribution in [0.4, 0.5) is 8.78 Å². The van der Waals surface area contributed by atoms with E-state index in [9.17, 15) is 8.78 Å². The Balaban J connectivity index is 2.62. The molecule has 74 valence electrons. The molecule has 0 saturated carbocycles. The predicted octanol–water partition coefficient (Wildman–Crippen LogP) is 2.88. The van der Waals surface area contributed by atoms with E-state index in [0.29, 0.717) is 17.5 Å². The summed E-state index contributed by atoms with van der Waals surface area (Å²) >= 11 is 0. The zero-order valence-electron chi connectivity index (χ0n) is 8.14. The highest BCUT2D eigenvalue weighted by atomic mass is 19.1. The number of hydrogen-bond donors (Lipinski definition) is 0. The number of fused-ring (bicyclic) bond motifs is 1. The van der Waals surface area contributed by atoms with Gasteiger partial charge in [0.05, 0.1) is 5.54 Å². The highest BCUT2D eigenvalue weighted by molar-refractivity contribution is 5.96. The summed E-state index contributed by atoms with van der Waals surface area (Å²) in [5.74, 6) is -0.906. The van der Waals surface area contributed by atoms with Crippen molar-refractivity contribution in [3.05, 3.63) is 35.1 Å². The molecule has 0 unspecified atom stereocenters. The topological polar surface area (TPSA) is 12.4 Å². The van der Waals surface area contributed by atoms with Gasteiger partial charge in [-0.25, -0.2) is 4.39 Å². The van der Waals surface area contributed by atoms with Crippen molar-refractivity contribution in [1.29, 1.82) is 0 Å². The van der Waals surface area contributed by atoms with Crippen LogP contribution >= 0.6 is 0 Å². The normalized spacial score (nSPS) is 18.7. The van der Waals surface area contributed by atoms with Gasteiger partial charge in [0.1, 0.15) is 5.82 Å². The van der Waals surface area contributed by atoms with Crippen LogP contribution in [0.3, 0.4) is 0 Å². The second-order valence-corrected chi connectivity index (χ2v) is 4.16. The van der Waals surface area contributed by atoms with Crippen LogP contribution in [-0.4, -0.2) is 11.5 Å². The molecule has 0 aromatic heterocycles. The Morgan fingerprint density at radius 3 is 2.71 bits per heavy atom. The largest absolute Gasteiger partial charge is 0.251 e. The molecule has 0 N–H and O–H groups in total. The molecule has 1 aliphatic rings. The van der Waals surface area contributed by atoms with Crippen molar-refractivity contribution in [1.82, 2.24) is 0 Å². The summed E-state index contributed by atoms with van der Waals surface area (Å²) in [5, 5.41) is 0. The van der Waals surface area contributed by atoms with Gasteiger partial charge in [0.25, 0.3) is 0 Å². The molecule has 0 spiro atoms. The van der Waals surface area contributed by atoms with E-state index >= 15 is 0 Å². The van der Waals surface area contributed by atoms with Crippen molar-refractivity contribution in [2.45, 2.75) is 25.8 Å². The molecular formula is C11H11F2N. The Labute approximate surface area is 81.5 Å². The molecule has 0 fully saturated rings. The van der Waals surface area contributed by atoms with Gasteiger partial charge in [-0.2, -0.15) is 4.39 Å². The van der Waals surface area contributed by atoms with E-state index in [1.807, 2.05) is 0 Å². The maximum Gasteiger partial charge on any atom is 0.216 e. The predicted molar refractivity (Wildman–Crippen MR) is 51.8 cm³/mol. The Hall–Kier alpha value is -1.25. The first-order chi connectivity index (χ1) is 6.49. The van der Waals surface area contributed by atoms with Gasteiger partial charge in [0.2, 0.25) is 5.97 Å². The number of aliphatic imine (C=N–C) groups is 1. The van der Waals surface area contributed by atoms with E-state index in [-0.39, 0.29) is 5.82 Å². The molecule has 1 aliphatic heterocycles. The van der Waals surface area contributed by atoms with Gasteiger partial charge < -0.3 is 0 Å². The Bertz CT molecular complexity index is 408. The highest BCUT2D eigenvalue weighted by Gasteiger charge is 2.28. The molecule has 0 amide bonds. The minimum Gasteiger partial charge on any atom is -0.251 e. The van der Waals surface area contributed by atoms with Crippen LogP contribution in [0.25, 0.3) is 0 Å². The summed E-state index contributed by atoms with van der Waals surface area (Å²) < 4.78 is 26.8. The first-order valence-corrected chi connectivity index (χ1v) is 4.53. The summed E-state index contributed by atoms with van der Waals surface area (Å²) in [4.78, 5) is 3.88. The van der Waals surface area contributed by atoms with Crippen molar-refractivity contribution in [3.63, 3.8) is 0 Å². The molecule has 1 aromatic rings. The van der Waals surface area contributed by atoms with Crippen LogP contribution < -0.4 is 0 Å². The second kappa shape index (κ2) is 2.87. The van der Waals surface area contributed by atoms with Gasteiger partial charge in [-0.1, -0.05) is 6.07 Å². The van der Waals surface area contributed by atoms with Crippen LogP contribution in [0, 0.1) is 5.82 Å². The van der Waals surface area contributed by atoms with E-state index in [2.05, 4.69) is 4.99 Å². The van der Waals surface area contributed by atoms with Gasteiger partial charge in [-0.3, -0.25) is 4.99 Å². The van der Waals surface area contributed by atoms with Crippen LogP contribution in [0.15, 0.2) is 23.2 Å². The zero-order chi connectivity index (χ0) is 10.3. The quantitative estimate of drug-likeness (QED) is 0.603. The SMILES string of the molecule is CC1(C)Cc2c(F)cccc2C(F)=N1. The highest BCUT2D eigenvalue weighted by Crippen LogP contribution is 2.28. The lowest BCUT2D eigenvalue weighted by Gasteiger charge is -2.26. The minimum absolute atomic E-state index is 0.296. The lowest BCUT2D eigenvalue weighted by molar-refractivity contribution is 0.481. The van der Waals surface area contributed by atoms with E-state index in [4.69, 9.17) is 0 Å². The maximum absolute atomic E-state index is 13.4. The fourth-order valence-electron chi connectivity index (χ4n) is 1.73. The van der Waals surface area contributed by atoms with Crippen molar-refractivity contribution < 1.29 is 8.78 Å². The summed E-state index contributed by atoms with van der Waals surface area (Å²) in [6, 6.07) is 4.42. The molecule has 1 aromatic carbocycles. The van der Waals surface area contributed by atoms with Crippen LogP contribution in [0.5, 0.6) is 0 Å². The fourth-order valence-corrected chi connectivity index (χ4v) is 1.73. The van der Waals surface area contributed by atoms with Crippen molar-refractivity contribution in [3.8, 4) is 0 Å². The number of halogens is 2. The first kappa shape index (κ1) is 9.31. The minimum atomic E-state index is -0.559. The van der Waals surface area contributed by atoms with E-state index in [0.717, 1.165) is 0 Å². The third-order valence-corrected chi connectivity index (χ3v) is 2.35. The van der Waals surface area contributed by atoms with E-state index in [1.54, 1.807) is 19.9 Å². The number of benzene rings is 1. The number of rotatable bonds is 0. The van der Waals surface area contributed by atoms with Crippen LogP contribution in [0.1, 0.15) is 25.0 Å². The molecule has 1 heterocycles. The van der Waals surface area contributed by atoms with Gasteiger partial charge in [-0.15, -0.1) is 0 Å². The van der Waals surface area contributed by atoms with Gasteiger partial charge in [0.15, 0.2) is 0 Å². The molecule has 0 atom stereocenters. The summed E-state index contributed by atoms with van der Waals surface area (Å²) in [6.45, 7) is 3.59.